The number of halogens is 1. The minimum atomic E-state index is -1.15. The molecule has 1 aromatic carbocycles. The van der Waals surface area contributed by atoms with E-state index in [0.29, 0.717) is 0 Å². The summed E-state index contributed by atoms with van der Waals surface area (Å²) in [6.07, 6.45) is 0. The summed E-state index contributed by atoms with van der Waals surface area (Å²) in [7, 11) is -1.15. The van der Waals surface area contributed by atoms with E-state index >= 15 is 0 Å². The minimum Gasteiger partial charge on any atom is -0.0843 e. The Hall–Kier alpha value is -0.273. The zero-order valence-electron chi connectivity index (χ0n) is 7.19. The third kappa shape index (κ3) is 2.35. The van der Waals surface area contributed by atoms with Gasteiger partial charge < -0.3 is 0 Å². The Morgan fingerprint density at radius 1 is 1.18 bits per heavy atom. The molecule has 0 saturated heterocycles. The van der Waals surface area contributed by atoms with Crippen LogP contribution in [0.3, 0.4) is 0 Å². The van der Waals surface area contributed by atoms with Gasteiger partial charge in [0.25, 0.3) is 0 Å². The zero-order valence-corrected chi connectivity index (χ0v) is 8.94. The Morgan fingerprint density at radius 2 is 1.82 bits per heavy atom. The molecule has 11 heavy (non-hydrogen) atoms. The predicted molar refractivity (Wildman–Crippen MR) is 54.4 cm³/mol. The summed E-state index contributed by atoms with van der Waals surface area (Å²) in [4.78, 5) is 0. The molecule has 0 N–H and O–H groups in total. The summed E-state index contributed by atoms with van der Waals surface area (Å²) in [5.74, 6) is 0. The maximum absolute atomic E-state index is 5.87. The largest absolute Gasteiger partial charge is 0.0843 e. The maximum atomic E-state index is 5.87. The SMILES string of the molecule is C[Si](C)(C)c1cccc(Cl)c1. The summed E-state index contributed by atoms with van der Waals surface area (Å²) in [5, 5.41) is 2.27. The third-order valence-corrected chi connectivity index (χ3v) is 3.97. The normalized spacial score (nSPS) is 11.6. The Morgan fingerprint density at radius 3 is 2.18 bits per heavy atom. The molecular formula is C9H13ClSi. The van der Waals surface area contributed by atoms with Crippen LogP contribution in [0.5, 0.6) is 0 Å². The molecular weight excluding hydrogens is 172 g/mol. The lowest BCUT2D eigenvalue weighted by atomic mass is 10.4. The summed E-state index contributed by atoms with van der Waals surface area (Å²) >= 11 is 5.87. The molecule has 0 fully saturated rings. The van der Waals surface area contributed by atoms with Gasteiger partial charge in [0.2, 0.25) is 0 Å². The van der Waals surface area contributed by atoms with Gasteiger partial charge in [-0.25, -0.2) is 0 Å². The molecule has 60 valence electrons. The summed E-state index contributed by atoms with van der Waals surface area (Å²) < 4.78 is 0. The highest BCUT2D eigenvalue weighted by Gasteiger charge is 2.15. The second kappa shape index (κ2) is 3.00. The van der Waals surface area contributed by atoms with Crippen LogP contribution in [0.1, 0.15) is 0 Å². The van der Waals surface area contributed by atoms with Gasteiger partial charge in [0, 0.05) is 5.02 Å². The molecule has 1 aromatic rings. The van der Waals surface area contributed by atoms with Crippen molar-refractivity contribution in [1.82, 2.24) is 0 Å². The first-order chi connectivity index (χ1) is 5.00. The molecule has 0 heterocycles. The first-order valence-corrected chi connectivity index (χ1v) is 7.64. The molecule has 0 aliphatic rings. The van der Waals surface area contributed by atoms with Crippen molar-refractivity contribution >= 4 is 24.9 Å². The summed E-state index contributed by atoms with van der Waals surface area (Å²) in [5.41, 5.74) is 0. The highest BCUT2D eigenvalue weighted by molar-refractivity contribution is 6.88. The first kappa shape index (κ1) is 8.82. The molecule has 2 heteroatoms. The fourth-order valence-corrected chi connectivity index (χ4v) is 2.42. The van der Waals surface area contributed by atoms with E-state index in [2.05, 4.69) is 31.8 Å². The van der Waals surface area contributed by atoms with Crippen molar-refractivity contribution in [3.8, 4) is 0 Å². The van der Waals surface area contributed by atoms with Gasteiger partial charge in [-0.2, -0.15) is 0 Å². The second-order valence-corrected chi connectivity index (χ2v) is 9.27. The van der Waals surface area contributed by atoms with E-state index in [0.717, 1.165) is 5.02 Å². The van der Waals surface area contributed by atoms with Crippen LogP contribution in [-0.4, -0.2) is 8.07 Å². The average molecular weight is 185 g/mol. The Balaban J connectivity index is 3.06. The lowest BCUT2D eigenvalue weighted by molar-refractivity contribution is 1.68. The standard InChI is InChI=1S/C9H13ClSi/c1-11(2,3)9-6-4-5-8(10)7-9/h4-7H,1-3H3. The highest BCUT2D eigenvalue weighted by Crippen LogP contribution is 2.08. The van der Waals surface area contributed by atoms with Crippen molar-refractivity contribution in [2.24, 2.45) is 0 Å². The Labute approximate surface area is 74.2 Å². The van der Waals surface area contributed by atoms with E-state index in [4.69, 9.17) is 11.6 Å². The van der Waals surface area contributed by atoms with Gasteiger partial charge in [0.15, 0.2) is 0 Å². The number of hydrogen-bond donors (Lipinski definition) is 0. The number of rotatable bonds is 1. The molecule has 0 nitrogen and oxygen atoms in total. The van der Waals surface area contributed by atoms with E-state index in [1.54, 1.807) is 0 Å². The van der Waals surface area contributed by atoms with E-state index in [9.17, 15) is 0 Å². The van der Waals surface area contributed by atoms with Crippen molar-refractivity contribution in [3.63, 3.8) is 0 Å². The zero-order chi connectivity index (χ0) is 8.48. The van der Waals surface area contributed by atoms with Crippen LogP contribution in [0.25, 0.3) is 0 Å². The molecule has 0 saturated carbocycles. The quantitative estimate of drug-likeness (QED) is 0.589. The predicted octanol–water partition coefficient (Wildman–Crippen LogP) is 2.89. The third-order valence-electron chi connectivity index (χ3n) is 1.69. The van der Waals surface area contributed by atoms with Crippen LogP contribution in [-0.2, 0) is 0 Å². The summed E-state index contributed by atoms with van der Waals surface area (Å²) in [6.45, 7) is 6.95. The topological polar surface area (TPSA) is 0 Å². The molecule has 0 aliphatic carbocycles. The van der Waals surface area contributed by atoms with Gasteiger partial charge in [-0.1, -0.05) is 48.6 Å². The lowest BCUT2D eigenvalue weighted by Gasteiger charge is -2.16. The van der Waals surface area contributed by atoms with E-state index in [-0.39, 0.29) is 0 Å². The Kier molecular flexibility index (Phi) is 2.40. The molecule has 0 atom stereocenters. The van der Waals surface area contributed by atoms with Gasteiger partial charge in [0.05, 0.1) is 8.07 Å². The molecule has 0 aromatic heterocycles. The lowest BCUT2D eigenvalue weighted by Crippen LogP contribution is -2.37. The fraction of sp³-hybridized carbons (Fsp3) is 0.333. The molecule has 0 spiro atoms. The molecule has 0 unspecified atom stereocenters. The van der Waals surface area contributed by atoms with Crippen molar-refractivity contribution in [2.75, 3.05) is 0 Å². The molecule has 1 rings (SSSR count). The second-order valence-electron chi connectivity index (χ2n) is 3.76. The first-order valence-electron chi connectivity index (χ1n) is 3.76. The average Bonchev–Trinajstić information content (AvgIpc) is 1.86. The van der Waals surface area contributed by atoms with Gasteiger partial charge >= 0.3 is 0 Å². The monoisotopic (exact) mass is 184 g/mol. The van der Waals surface area contributed by atoms with E-state index < -0.39 is 8.07 Å². The van der Waals surface area contributed by atoms with Gasteiger partial charge in [-0.3, -0.25) is 0 Å². The van der Waals surface area contributed by atoms with Crippen LogP contribution in [0.2, 0.25) is 24.7 Å². The van der Waals surface area contributed by atoms with Crippen molar-refractivity contribution < 1.29 is 0 Å². The van der Waals surface area contributed by atoms with Gasteiger partial charge in [0.1, 0.15) is 0 Å². The molecule has 0 radical (unpaired) electrons. The molecule has 0 aliphatic heterocycles. The van der Waals surface area contributed by atoms with Crippen molar-refractivity contribution in [2.45, 2.75) is 19.6 Å². The highest BCUT2D eigenvalue weighted by atomic mass is 35.5. The number of hydrogen-bond acceptors (Lipinski definition) is 0. The van der Waals surface area contributed by atoms with Crippen LogP contribution in [0.4, 0.5) is 0 Å². The fourth-order valence-electron chi connectivity index (χ4n) is 0.955. The van der Waals surface area contributed by atoms with Crippen LogP contribution >= 0.6 is 11.6 Å². The number of benzene rings is 1. The van der Waals surface area contributed by atoms with Crippen LogP contribution < -0.4 is 5.19 Å². The molecule has 0 bridgehead atoms. The molecule has 0 amide bonds. The van der Waals surface area contributed by atoms with Crippen molar-refractivity contribution in [1.29, 1.82) is 0 Å². The van der Waals surface area contributed by atoms with Crippen molar-refractivity contribution in [3.05, 3.63) is 29.3 Å². The van der Waals surface area contributed by atoms with E-state index in [1.165, 1.54) is 5.19 Å². The smallest absolute Gasteiger partial charge is 0.0776 e. The van der Waals surface area contributed by atoms with E-state index in [1.807, 2.05) is 12.1 Å². The van der Waals surface area contributed by atoms with Crippen LogP contribution in [0, 0.1) is 0 Å². The maximum Gasteiger partial charge on any atom is 0.0776 e. The van der Waals surface area contributed by atoms with Crippen LogP contribution in [0.15, 0.2) is 24.3 Å². The summed E-state index contributed by atoms with van der Waals surface area (Å²) in [6, 6.07) is 8.19. The minimum absolute atomic E-state index is 0.852. The Bertz CT molecular complexity index is 250. The van der Waals surface area contributed by atoms with Gasteiger partial charge in [-0.05, 0) is 12.1 Å². The van der Waals surface area contributed by atoms with Gasteiger partial charge in [-0.15, -0.1) is 0 Å².